The minimum Gasteiger partial charge on any atom is -0.490 e. The van der Waals surface area contributed by atoms with E-state index in [1.165, 1.54) is 6.07 Å². The summed E-state index contributed by atoms with van der Waals surface area (Å²) < 4.78 is 50.8. The molecule has 162 valence electrons. The second kappa shape index (κ2) is 8.36. The number of nitrogens with zero attached hydrogens (tertiary/aromatic N) is 2. The Balaban J connectivity index is 1.46. The van der Waals surface area contributed by atoms with E-state index in [-0.39, 0.29) is 6.10 Å². The van der Waals surface area contributed by atoms with Crippen molar-refractivity contribution in [2.24, 2.45) is 11.8 Å². The predicted octanol–water partition coefficient (Wildman–Crippen LogP) is 5.49. The van der Waals surface area contributed by atoms with Gasteiger partial charge in [-0.05, 0) is 56.0 Å². The molecule has 0 radical (unpaired) electrons. The lowest BCUT2D eigenvalue weighted by Gasteiger charge is -2.38. The summed E-state index contributed by atoms with van der Waals surface area (Å²) in [5, 5.41) is 0. The van der Waals surface area contributed by atoms with E-state index < -0.39 is 11.7 Å². The van der Waals surface area contributed by atoms with Gasteiger partial charge in [0.2, 0.25) is 0 Å². The molecule has 0 amide bonds. The molecule has 2 bridgehead atoms. The number of benzene rings is 1. The van der Waals surface area contributed by atoms with Crippen molar-refractivity contribution in [3.05, 3.63) is 47.7 Å². The van der Waals surface area contributed by atoms with E-state index in [4.69, 9.17) is 9.47 Å². The summed E-state index contributed by atoms with van der Waals surface area (Å²) in [6.07, 6.45) is -0.340. The Morgan fingerprint density at radius 3 is 2.40 bits per heavy atom. The Bertz CT molecular complexity index is 856. The van der Waals surface area contributed by atoms with Gasteiger partial charge >= 0.3 is 6.18 Å². The van der Waals surface area contributed by atoms with Gasteiger partial charge in [0, 0.05) is 31.1 Å². The molecule has 30 heavy (non-hydrogen) atoms. The van der Waals surface area contributed by atoms with Crippen LogP contribution in [0.1, 0.15) is 37.3 Å². The van der Waals surface area contributed by atoms with Crippen LogP contribution in [0.2, 0.25) is 0 Å². The van der Waals surface area contributed by atoms with E-state index in [0.717, 1.165) is 61.7 Å². The number of aromatic nitrogens is 1. The van der Waals surface area contributed by atoms with Gasteiger partial charge < -0.3 is 14.4 Å². The number of rotatable bonds is 6. The fourth-order valence-corrected chi connectivity index (χ4v) is 4.48. The van der Waals surface area contributed by atoms with Gasteiger partial charge in [-0.1, -0.05) is 13.0 Å². The zero-order valence-corrected chi connectivity index (χ0v) is 17.3. The molecule has 2 fully saturated rings. The van der Waals surface area contributed by atoms with Crippen LogP contribution < -0.4 is 14.4 Å². The molecule has 1 aliphatic heterocycles. The first-order valence-corrected chi connectivity index (χ1v) is 10.5. The average Bonchev–Trinajstić information content (AvgIpc) is 2.94. The molecule has 1 saturated heterocycles. The van der Waals surface area contributed by atoms with E-state index in [2.05, 4.69) is 16.8 Å². The second-order valence-electron chi connectivity index (χ2n) is 8.29. The molecular formula is C23H27F3N2O2. The molecule has 0 spiro atoms. The lowest BCUT2D eigenvalue weighted by molar-refractivity contribution is -0.137. The largest absolute Gasteiger partial charge is 0.490 e. The van der Waals surface area contributed by atoms with Crippen molar-refractivity contribution in [1.29, 1.82) is 0 Å². The third kappa shape index (κ3) is 4.35. The molecule has 1 saturated carbocycles. The van der Waals surface area contributed by atoms with Crippen molar-refractivity contribution in [2.75, 3.05) is 24.6 Å². The molecule has 2 aliphatic rings. The number of hydrogen-bond donors (Lipinski definition) is 0. The molecule has 1 aromatic carbocycles. The quantitative estimate of drug-likeness (QED) is 0.619. The summed E-state index contributed by atoms with van der Waals surface area (Å²) in [7, 11) is 0. The van der Waals surface area contributed by atoms with Crippen LogP contribution in [-0.2, 0) is 6.18 Å². The van der Waals surface area contributed by atoms with Crippen LogP contribution in [0.5, 0.6) is 11.5 Å². The fraction of sp³-hybridized carbons (Fsp3) is 0.522. The number of alkyl halides is 3. The van der Waals surface area contributed by atoms with Crippen molar-refractivity contribution in [3.8, 4) is 11.5 Å². The third-order valence-corrected chi connectivity index (χ3v) is 5.97. The SMILES string of the molecule is CCCOc1cc(C)ccc1OC1[C@@H]2CC[C@H]1CN(c1ccc(C(F)(F)F)cn1)C2. The van der Waals surface area contributed by atoms with Crippen molar-refractivity contribution in [3.63, 3.8) is 0 Å². The summed E-state index contributed by atoms with van der Waals surface area (Å²) in [4.78, 5) is 6.17. The number of anilines is 1. The molecular weight excluding hydrogens is 393 g/mol. The maximum atomic E-state index is 12.8. The molecule has 4 nitrogen and oxygen atoms in total. The molecule has 1 aromatic heterocycles. The van der Waals surface area contributed by atoms with Crippen LogP contribution in [0.15, 0.2) is 36.5 Å². The number of halogens is 3. The standard InChI is InChI=1S/C23H27F3N2O2/c1-3-10-29-20-11-15(2)4-8-19(20)30-22-16-5-6-17(22)14-28(13-16)21-9-7-18(12-27-21)23(24,25)26/h4,7-9,11-12,16-17,22H,3,5-6,10,13-14H2,1-2H3/t16-,17+,22?. The van der Waals surface area contributed by atoms with Gasteiger partial charge in [0.1, 0.15) is 11.9 Å². The van der Waals surface area contributed by atoms with E-state index in [0.29, 0.717) is 24.3 Å². The van der Waals surface area contributed by atoms with Crippen molar-refractivity contribution in [2.45, 2.75) is 45.4 Å². The van der Waals surface area contributed by atoms with Gasteiger partial charge in [0.25, 0.3) is 0 Å². The van der Waals surface area contributed by atoms with Crippen molar-refractivity contribution in [1.82, 2.24) is 4.98 Å². The third-order valence-electron chi connectivity index (χ3n) is 5.97. The fourth-order valence-electron chi connectivity index (χ4n) is 4.48. The summed E-state index contributed by atoms with van der Waals surface area (Å²) in [5.74, 6) is 2.78. The minimum atomic E-state index is -4.36. The Hall–Kier alpha value is -2.44. The average molecular weight is 420 g/mol. The minimum absolute atomic E-state index is 0.0855. The van der Waals surface area contributed by atoms with Crippen LogP contribution in [0, 0.1) is 18.8 Å². The molecule has 2 aromatic rings. The second-order valence-corrected chi connectivity index (χ2v) is 8.29. The highest BCUT2D eigenvalue weighted by molar-refractivity contribution is 5.44. The first-order chi connectivity index (χ1) is 14.3. The molecule has 1 unspecified atom stereocenters. The predicted molar refractivity (Wildman–Crippen MR) is 109 cm³/mol. The molecule has 2 heterocycles. The van der Waals surface area contributed by atoms with Gasteiger partial charge in [-0.2, -0.15) is 13.2 Å². The Kier molecular flexibility index (Phi) is 5.80. The Morgan fingerprint density at radius 2 is 1.80 bits per heavy atom. The highest BCUT2D eigenvalue weighted by Gasteiger charge is 2.44. The zero-order chi connectivity index (χ0) is 21.3. The molecule has 1 aliphatic carbocycles. The zero-order valence-electron chi connectivity index (χ0n) is 17.3. The number of piperidine rings is 1. The lowest BCUT2D eigenvalue weighted by Crippen LogP contribution is -2.47. The number of ether oxygens (including phenoxy) is 2. The van der Waals surface area contributed by atoms with Crippen molar-refractivity contribution >= 4 is 5.82 Å². The summed E-state index contributed by atoms with van der Waals surface area (Å²) >= 11 is 0. The number of fused-ring (bicyclic) bond motifs is 2. The maximum absolute atomic E-state index is 12.8. The van der Waals surface area contributed by atoms with Gasteiger partial charge in [-0.25, -0.2) is 4.98 Å². The van der Waals surface area contributed by atoms with Crippen LogP contribution in [0.4, 0.5) is 19.0 Å². The van der Waals surface area contributed by atoms with Crippen LogP contribution >= 0.6 is 0 Å². The normalized spacial score (nSPS) is 23.5. The maximum Gasteiger partial charge on any atom is 0.417 e. The Morgan fingerprint density at radius 1 is 1.07 bits per heavy atom. The first-order valence-electron chi connectivity index (χ1n) is 10.5. The van der Waals surface area contributed by atoms with E-state index in [1.807, 2.05) is 25.1 Å². The van der Waals surface area contributed by atoms with E-state index >= 15 is 0 Å². The molecule has 4 rings (SSSR count). The van der Waals surface area contributed by atoms with Gasteiger partial charge in [0.05, 0.1) is 12.2 Å². The first kappa shape index (κ1) is 20.8. The van der Waals surface area contributed by atoms with Crippen LogP contribution in [0.3, 0.4) is 0 Å². The van der Waals surface area contributed by atoms with Gasteiger partial charge in [-0.15, -0.1) is 0 Å². The lowest BCUT2D eigenvalue weighted by atomic mass is 9.94. The summed E-state index contributed by atoms with van der Waals surface area (Å²) in [6.45, 7) is 6.21. The van der Waals surface area contributed by atoms with Gasteiger partial charge in [0.15, 0.2) is 11.5 Å². The molecule has 0 N–H and O–H groups in total. The molecule has 3 atom stereocenters. The topological polar surface area (TPSA) is 34.6 Å². The number of hydrogen-bond acceptors (Lipinski definition) is 4. The monoisotopic (exact) mass is 420 g/mol. The van der Waals surface area contributed by atoms with Gasteiger partial charge in [-0.3, -0.25) is 0 Å². The highest BCUT2D eigenvalue weighted by atomic mass is 19.4. The summed E-state index contributed by atoms with van der Waals surface area (Å²) in [6, 6.07) is 8.59. The summed E-state index contributed by atoms with van der Waals surface area (Å²) in [5.41, 5.74) is 0.408. The highest BCUT2D eigenvalue weighted by Crippen LogP contribution is 2.42. The number of aryl methyl sites for hydroxylation is 1. The van der Waals surface area contributed by atoms with E-state index in [9.17, 15) is 13.2 Å². The van der Waals surface area contributed by atoms with Crippen LogP contribution in [0.25, 0.3) is 0 Å². The smallest absolute Gasteiger partial charge is 0.417 e. The van der Waals surface area contributed by atoms with E-state index in [1.54, 1.807) is 0 Å². The van der Waals surface area contributed by atoms with Crippen molar-refractivity contribution < 1.29 is 22.6 Å². The Labute approximate surface area is 175 Å². The molecule has 7 heteroatoms. The number of pyridine rings is 1. The van der Waals surface area contributed by atoms with Crippen LogP contribution in [-0.4, -0.2) is 30.8 Å².